The van der Waals surface area contributed by atoms with E-state index in [2.05, 4.69) is 93.6 Å². The van der Waals surface area contributed by atoms with Crippen molar-refractivity contribution in [1.29, 1.82) is 0 Å². The van der Waals surface area contributed by atoms with Crippen molar-refractivity contribution in [3.8, 4) is 23.0 Å². The van der Waals surface area contributed by atoms with E-state index >= 15 is 0 Å². The van der Waals surface area contributed by atoms with Gasteiger partial charge >= 0.3 is 6.16 Å². The number of aryl methyl sites for hydroxylation is 1. The van der Waals surface area contributed by atoms with Gasteiger partial charge in [-0.15, -0.1) is 0 Å². The topological polar surface area (TPSA) is 94.5 Å². The fourth-order valence-electron chi connectivity index (χ4n) is 8.27. The molecule has 0 bridgehead atoms. The average Bonchev–Trinajstić information content (AvgIpc) is 3.22. The maximum absolute atomic E-state index is 12.4. The van der Waals surface area contributed by atoms with Crippen molar-refractivity contribution in [2.75, 3.05) is 6.61 Å². The van der Waals surface area contributed by atoms with E-state index in [0.29, 0.717) is 12.4 Å². The van der Waals surface area contributed by atoms with E-state index < -0.39 is 11.8 Å². The van der Waals surface area contributed by atoms with Crippen LogP contribution in [-0.4, -0.2) is 34.9 Å². The molecule has 0 saturated carbocycles. The molecular weight excluding hydrogens is 749 g/mol. The molecular formula is C53H66O7. The third-order valence-electron chi connectivity index (χ3n) is 11.5. The van der Waals surface area contributed by atoms with Crippen molar-refractivity contribution < 1.29 is 34.0 Å². The summed E-state index contributed by atoms with van der Waals surface area (Å²) in [4.78, 5) is 12.4. The van der Waals surface area contributed by atoms with Gasteiger partial charge in [-0.05, 0) is 185 Å². The Balaban J connectivity index is 1.51. The normalized spacial score (nSPS) is 14.7. The standard InChI is InChI=1S/C53H66O7/c1-9-38-12-14-42(15-13-38)45(32-36(4)40-16-24-48(54)25-17-40)34-47(43-18-26-49(55)27-19-43)35-46(44-22-28-50(29-23-44)58-37(5)57-11-3)33-39(10-2)41-20-30-51(31-21-41)59-52(56)60-53(6,7)8/h12-31,36-37,39,45-47,54-55H,9-11,32-35H2,1-8H3. The first kappa shape index (κ1) is 45.8. The first-order valence-corrected chi connectivity index (χ1v) is 21.8. The fourth-order valence-corrected chi connectivity index (χ4v) is 8.27. The van der Waals surface area contributed by atoms with E-state index in [1.165, 1.54) is 33.4 Å². The SMILES string of the molecule is CCOC(C)Oc1ccc(C(CC(CC)c2ccc(OC(=O)OC(C)(C)C)cc2)CC(CC(CC(C)c2ccc(O)cc2)c2ccc(CC)cc2)c2ccc(O)cc2)cc1. The smallest absolute Gasteiger partial charge is 0.508 e. The molecule has 0 spiro atoms. The number of aromatic hydroxyl groups is 2. The van der Waals surface area contributed by atoms with E-state index in [1.807, 2.05) is 71.0 Å². The number of carbonyl (C=O) groups is 1. The average molecular weight is 815 g/mol. The zero-order valence-electron chi connectivity index (χ0n) is 36.9. The summed E-state index contributed by atoms with van der Waals surface area (Å²) in [5.41, 5.74) is 6.82. The number of benzene rings is 5. The van der Waals surface area contributed by atoms with Crippen molar-refractivity contribution in [3.63, 3.8) is 0 Å². The van der Waals surface area contributed by atoms with Crippen LogP contribution in [-0.2, 0) is 15.9 Å². The second-order valence-corrected chi connectivity index (χ2v) is 17.2. The van der Waals surface area contributed by atoms with Crippen molar-refractivity contribution in [1.82, 2.24) is 0 Å². The molecule has 0 fully saturated rings. The highest BCUT2D eigenvalue weighted by atomic mass is 16.7. The monoisotopic (exact) mass is 814 g/mol. The number of hydrogen-bond donors (Lipinski definition) is 2. The Morgan fingerprint density at radius 3 is 1.43 bits per heavy atom. The Morgan fingerprint density at radius 1 is 0.550 bits per heavy atom. The summed E-state index contributed by atoms with van der Waals surface area (Å²) in [6.45, 7) is 16.6. The highest BCUT2D eigenvalue weighted by Crippen LogP contribution is 2.45. The molecule has 7 heteroatoms. The van der Waals surface area contributed by atoms with Crippen molar-refractivity contribution in [3.05, 3.63) is 155 Å². The van der Waals surface area contributed by atoms with E-state index in [9.17, 15) is 15.0 Å². The Labute approximate surface area is 358 Å². The summed E-state index contributed by atoms with van der Waals surface area (Å²) in [5.74, 6) is 2.80. The lowest BCUT2D eigenvalue weighted by Gasteiger charge is -2.31. The first-order valence-electron chi connectivity index (χ1n) is 21.8. The van der Waals surface area contributed by atoms with Crippen LogP contribution >= 0.6 is 0 Å². The summed E-state index contributed by atoms with van der Waals surface area (Å²) >= 11 is 0. The predicted molar refractivity (Wildman–Crippen MR) is 242 cm³/mol. The largest absolute Gasteiger partial charge is 0.514 e. The first-order chi connectivity index (χ1) is 28.7. The number of rotatable bonds is 20. The maximum atomic E-state index is 12.4. The third kappa shape index (κ3) is 13.9. The maximum Gasteiger partial charge on any atom is 0.514 e. The van der Waals surface area contributed by atoms with Crippen LogP contribution in [0.25, 0.3) is 0 Å². The Kier molecular flexibility index (Phi) is 16.7. The lowest BCUT2D eigenvalue weighted by atomic mass is 9.73. The molecule has 0 saturated heterocycles. The molecule has 6 atom stereocenters. The molecule has 7 nitrogen and oxygen atoms in total. The van der Waals surface area contributed by atoms with Gasteiger partial charge in [0, 0.05) is 6.61 Å². The van der Waals surface area contributed by atoms with E-state index in [1.54, 1.807) is 12.1 Å². The molecule has 0 heterocycles. The minimum Gasteiger partial charge on any atom is -0.508 e. The molecule has 0 aliphatic rings. The molecule has 0 radical (unpaired) electrons. The zero-order chi connectivity index (χ0) is 43.2. The molecule has 2 N–H and O–H groups in total. The van der Waals surface area contributed by atoms with Crippen molar-refractivity contribution in [2.45, 2.75) is 135 Å². The van der Waals surface area contributed by atoms with Gasteiger partial charge in [0.2, 0.25) is 0 Å². The van der Waals surface area contributed by atoms with Gasteiger partial charge in [-0.1, -0.05) is 93.6 Å². The van der Waals surface area contributed by atoms with Crippen molar-refractivity contribution >= 4 is 6.16 Å². The van der Waals surface area contributed by atoms with Crippen LogP contribution in [0.2, 0.25) is 0 Å². The molecule has 0 aromatic heterocycles. The molecule has 60 heavy (non-hydrogen) atoms. The third-order valence-corrected chi connectivity index (χ3v) is 11.5. The molecule has 0 aliphatic carbocycles. The van der Waals surface area contributed by atoms with Gasteiger partial charge in [0.1, 0.15) is 28.6 Å². The fraction of sp³-hybridized carbons (Fsp3) is 0.415. The van der Waals surface area contributed by atoms with Crippen LogP contribution < -0.4 is 9.47 Å². The summed E-state index contributed by atoms with van der Waals surface area (Å²) in [5, 5.41) is 20.5. The van der Waals surface area contributed by atoms with Gasteiger partial charge in [0.15, 0.2) is 6.29 Å². The quantitative estimate of drug-likeness (QED) is 0.0459. The summed E-state index contributed by atoms with van der Waals surface area (Å²) in [6, 6.07) is 40.9. The van der Waals surface area contributed by atoms with Crippen LogP contribution in [0.3, 0.4) is 0 Å². The molecule has 0 amide bonds. The molecule has 0 aliphatic heterocycles. The summed E-state index contributed by atoms with van der Waals surface area (Å²) in [7, 11) is 0. The van der Waals surface area contributed by atoms with Gasteiger partial charge < -0.3 is 29.2 Å². The van der Waals surface area contributed by atoms with Gasteiger partial charge in [0.25, 0.3) is 0 Å². The predicted octanol–water partition coefficient (Wildman–Crippen LogP) is 13.9. The molecule has 320 valence electrons. The minimum atomic E-state index is -0.720. The number of phenolic OH excluding ortho intramolecular Hbond substituents is 2. The molecule has 5 rings (SSSR count). The zero-order valence-corrected chi connectivity index (χ0v) is 36.9. The number of ether oxygens (including phenoxy) is 4. The van der Waals surface area contributed by atoms with Crippen LogP contribution in [0.4, 0.5) is 4.79 Å². The van der Waals surface area contributed by atoms with E-state index in [4.69, 9.17) is 18.9 Å². The number of carbonyl (C=O) groups excluding carboxylic acids is 1. The second kappa shape index (κ2) is 21.8. The van der Waals surface area contributed by atoms with Gasteiger partial charge in [-0.25, -0.2) is 4.79 Å². The Morgan fingerprint density at radius 2 is 0.967 bits per heavy atom. The highest BCUT2D eigenvalue weighted by molar-refractivity contribution is 5.64. The van der Waals surface area contributed by atoms with Crippen LogP contribution in [0.15, 0.2) is 121 Å². The minimum absolute atomic E-state index is 0.162. The van der Waals surface area contributed by atoms with Gasteiger partial charge in [-0.3, -0.25) is 0 Å². The number of hydrogen-bond acceptors (Lipinski definition) is 7. The highest BCUT2D eigenvalue weighted by Gasteiger charge is 2.28. The Bertz CT molecular complexity index is 2020. The number of phenols is 2. The van der Waals surface area contributed by atoms with Gasteiger partial charge in [0.05, 0.1) is 0 Å². The lowest BCUT2D eigenvalue weighted by Crippen LogP contribution is -2.25. The Hall–Kier alpha value is -5.27. The molecule has 5 aromatic carbocycles. The van der Waals surface area contributed by atoms with Crippen LogP contribution in [0.5, 0.6) is 23.0 Å². The van der Waals surface area contributed by atoms with Crippen LogP contribution in [0.1, 0.15) is 150 Å². The lowest BCUT2D eigenvalue weighted by molar-refractivity contribution is -0.0613. The summed E-state index contributed by atoms with van der Waals surface area (Å²) in [6.07, 6.45) is 4.47. The molecule has 6 unspecified atom stereocenters. The van der Waals surface area contributed by atoms with E-state index in [0.717, 1.165) is 44.3 Å². The second-order valence-electron chi connectivity index (χ2n) is 17.2. The molecule has 5 aromatic rings. The summed E-state index contributed by atoms with van der Waals surface area (Å²) < 4.78 is 22.6. The van der Waals surface area contributed by atoms with E-state index in [-0.39, 0.29) is 47.4 Å². The van der Waals surface area contributed by atoms with Gasteiger partial charge in [-0.2, -0.15) is 0 Å². The van der Waals surface area contributed by atoms with Crippen molar-refractivity contribution in [2.24, 2.45) is 0 Å². The van der Waals surface area contributed by atoms with Crippen LogP contribution in [0, 0.1) is 0 Å².